The lowest BCUT2D eigenvalue weighted by molar-refractivity contribution is 0.122. The van der Waals surface area contributed by atoms with Crippen LogP contribution in [0.5, 0.6) is 0 Å². The third-order valence-electron chi connectivity index (χ3n) is 5.46. The number of ether oxygens (including phenoxy) is 1. The van der Waals surface area contributed by atoms with Gasteiger partial charge in [-0.25, -0.2) is 13.9 Å². The van der Waals surface area contributed by atoms with Crippen molar-refractivity contribution >= 4 is 12.2 Å². The first-order valence-electron chi connectivity index (χ1n) is 12.7. The minimum Gasteiger partial charge on any atom is -0.442 e. The number of benzene rings is 1. The van der Waals surface area contributed by atoms with Crippen LogP contribution >= 0.6 is 0 Å². The van der Waals surface area contributed by atoms with Crippen molar-refractivity contribution in [2.75, 3.05) is 13.1 Å². The van der Waals surface area contributed by atoms with Crippen LogP contribution in [-0.4, -0.2) is 51.2 Å². The number of carbonyl (C=O) groups is 1. The Morgan fingerprint density at radius 1 is 1.29 bits per heavy atom. The Balaban J connectivity index is 0.00000247. The first-order chi connectivity index (χ1) is 18.5. The normalized spacial score (nSPS) is 17.0. The van der Waals surface area contributed by atoms with E-state index in [2.05, 4.69) is 21.1 Å². The summed E-state index contributed by atoms with van der Waals surface area (Å²) < 4.78 is 21.8. The predicted molar refractivity (Wildman–Crippen MR) is 148 cm³/mol. The number of rotatable bonds is 13. The zero-order valence-corrected chi connectivity index (χ0v) is 22.3. The molecule has 1 aliphatic heterocycles. The van der Waals surface area contributed by atoms with Crippen LogP contribution in [0.15, 0.2) is 78.7 Å². The molecule has 0 spiro atoms. The molecule has 2 aromatic rings. The molecule has 11 heteroatoms. The van der Waals surface area contributed by atoms with Crippen molar-refractivity contribution in [1.29, 1.82) is 0 Å². The fourth-order valence-corrected chi connectivity index (χ4v) is 3.60. The number of hydrogen-bond donors (Lipinski definition) is 4. The average molecular weight is 527 g/mol. The average Bonchev–Trinajstić information content (AvgIpc) is 3.58. The largest absolute Gasteiger partial charge is 0.442 e. The van der Waals surface area contributed by atoms with Gasteiger partial charge in [0.1, 0.15) is 11.9 Å². The maximum absolute atomic E-state index is 14.7. The molecule has 1 amide bonds. The number of aromatic nitrogens is 3. The number of carbonyl (C=O) groups excluding carboxylic acids is 1. The number of amides is 1. The second-order valence-corrected chi connectivity index (χ2v) is 8.18. The van der Waals surface area contributed by atoms with Crippen LogP contribution in [-0.2, 0) is 17.8 Å². The minimum atomic E-state index is -0.444. The Morgan fingerprint density at radius 3 is 2.68 bits per heavy atom. The second-order valence-electron chi connectivity index (χ2n) is 8.18. The number of hydrazine groups is 1. The smallest absolute Gasteiger partial charge is 0.411 e. The monoisotopic (exact) mass is 526 g/mol. The fourth-order valence-electron chi connectivity index (χ4n) is 3.60. The number of nitrogens with one attached hydrogen (secondary N) is 2. The molecular formula is C27H39FN8O2. The highest BCUT2D eigenvalue weighted by Crippen LogP contribution is 2.19. The molecule has 1 aliphatic rings. The van der Waals surface area contributed by atoms with Gasteiger partial charge in [-0.2, -0.15) is 0 Å². The molecule has 2 unspecified atom stereocenters. The highest BCUT2D eigenvalue weighted by Gasteiger charge is 2.34. The third kappa shape index (κ3) is 9.83. The van der Waals surface area contributed by atoms with E-state index in [4.69, 9.17) is 16.3 Å². The molecule has 1 aromatic heterocycles. The summed E-state index contributed by atoms with van der Waals surface area (Å²) in [5.41, 5.74) is 10.4. The van der Waals surface area contributed by atoms with E-state index in [1.807, 2.05) is 57.2 Å². The van der Waals surface area contributed by atoms with E-state index in [9.17, 15) is 9.18 Å². The quantitative estimate of drug-likeness (QED) is 0.135. The topological polar surface area (TPSA) is 136 Å². The van der Waals surface area contributed by atoms with E-state index in [-0.39, 0.29) is 6.10 Å². The molecule has 1 saturated heterocycles. The summed E-state index contributed by atoms with van der Waals surface area (Å²) in [6, 6.07) is 7.08. The summed E-state index contributed by atoms with van der Waals surface area (Å²) in [6.07, 6.45) is 13.0. The van der Waals surface area contributed by atoms with Crippen molar-refractivity contribution in [3.8, 4) is 0 Å². The van der Waals surface area contributed by atoms with Gasteiger partial charge in [0.15, 0.2) is 0 Å². The Hall–Kier alpha value is -3.96. The van der Waals surface area contributed by atoms with E-state index in [0.29, 0.717) is 31.9 Å². The molecule has 6 N–H and O–H groups in total. The van der Waals surface area contributed by atoms with E-state index in [1.54, 1.807) is 28.1 Å². The third-order valence-corrected chi connectivity index (χ3v) is 5.46. The summed E-state index contributed by atoms with van der Waals surface area (Å²) >= 11 is 0. The van der Waals surface area contributed by atoms with Crippen molar-refractivity contribution < 1.29 is 13.9 Å². The SMILES string of the molecule is CC.CC/C=C\C(C=C/C(F)=C/c1ccc(CNC/C(=C/N)NN)cc1)N1CC(Cn2ccnn2)OC1=O. The summed E-state index contributed by atoms with van der Waals surface area (Å²) in [5, 5.41) is 10.9. The van der Waals surface area contributed by atoms with E-state index in [0.717, 1.165) is 17.5 Å². The van der Waals surface area contributed by atoms with E-state index >= 15 is 0 Å². The van der Waals surface area contributed by atoms with Crippen LogP contribution < -0.4 is 22.3 Å². The van der Waals surface area contributed by atoms with Gasteiger partial charge in [-0.3, -0.25) is 10.7 Å². The van der Waals surface area contributed by atoms with Crippen LogP contribution in [0.1, 0.15) is 38.3 Å². The van der Waals surface area contributed by atoms with Crippen molar-refractivity contribution in [1.82, 2.24) is 30.6 Å². The summed E-state index contributed by atoms with van der Waals surface area (Å²) in [5.74, 6) is 4.93. The van der Waals surface area contributed by atoms with Gasteiger partial charge in [0.25, 0.3) is 0 Å². The zero-order chi connectivity index (χ0) is 27.8. The number of hydrogen-bond acceptors (Lipinski definition) is 8. The fraction of sp³-hybridized carbons (Fsp3) is 0.370. The van der Waals surface area contributed by atoms with Gasteiger partial charge in [0, 0.05) is 25.5 Å². The van der Waals surface area contributed by atoms with Gasteiger partial charge in [0.2, 0.25) is 0 Å². The molecule has 206 valence electrons. The Kier molecular flexibility index (Phi) is 13.3. The molecular weight excluding hydrogens is 487 g/mol. The van der Waals surface area contributed by atoms with Crippen molar-refractivity contribution in [3.05, 3.63) is 89.8 Å². The highest BCUT2D eigenvalue weighted by molar-refractivity contribution is 5.71. The molecule has 0 bridgehead atoms. The van der Waals surface area contributed by atoms with Gasteiger partial charge >= 0.3 is 6.09 Å². The molecule has 2 heterocycles. The molecule has 3 rings (SSSR count). The number of halogens is 1. The highest BCUT2D eigenvalue weighted by atomic mass is 19.1. The lowest BCUT2D eigenvalue weighted by atomic mass is 10.1. The molecule has 38 heavy (non-hydrogen) atoms. The molecule has 0 saturated carbocycles. The van der Waals surface area contributed by atoms with Crippen molar-refractivity contribution in [2.45, 2.75) is 52.4 Å². The van der Waals surface area contributed by atoms with Crippen LogP contribution in [0.2, 0.25) is 0 Å². The number of nitrogens with zero attached hydrogens (tertiary/aromatic N) is 4. The van der Waals surface area contributed by atoms with E-state index in [1.165, 1.54) is 18.4 Å². The van der Waals surface area contributed by atoms with Gasteiger partial charge in [0.05, 0.1) is 31.0 Å². The van der Waals surface area contributed by atoms with Crippen LogP contribution in [0, 0.1) is 0 Å². The van der Waals surface area contributed by atoms with Crippen LogP contribution in [0.3, 0.4) is 0 Å². The standard InChI is InChI=1S/C25H33FN8O2.C2H6/c1-2-3-4-23(34-18-24(36-25(34)35)17-33-12-11-30-32-33)10-9-21(26)13-19-5-7-20(8-6-19)15-29-16-22(14-27)31-28;1-2/h3-14,23-24,29,31H,2,15-18,27-28H2,1H3;1-2H3/b4-3-,10-9?,21-13-,22-14-;. The van der Waals surface area contributed by atoms with Gasteiger partial charge in [-0.1, -0.05) is 68.5 Å². The minimum absolute atomic E-state index is 0.358. The summed E-state index contributed by atoms with van der Waals surface area (Å²) in [7, 11) is 0. The lowest BCUT2D eigenvalue weighted by Crippen LogP contribution is -2.34. The Morgan fingerprint density at radius 2 is 2.05 bits per heavy atom. The van der Waals surface area contributed by atoms with Gasteiger partial charge in [-0.05, 0) is 29.7 Å². The number of nitrogens with two attached hydrogens (primary N) is 2. The molecule has 10 nitrogen and oxygen atoms in total. The summed E-state index contributed by atoms with van der Waals surface area (Å²) in [4.78, 5) is 14.1. The molecule has 1 fully saturated rings. The predicted octanol–water partition coefficient (Wildman–Crippen LogP) is 3.38. The van der Waals surface area contributed by atoms with E-state index < -0.39 is 18.0 Å². The number of allylic oxidation sites excluding steroid dienone is 3. The van der Waals surface area contributed by atoms with Gasteiger partial charge < -0.3 is 21.2 Å². The Bertz CT molecular complexity index is 1080. The van der Waals surface area contributed by atoms with Crippen LogP contribution in [0.25, 0.3) is 6.08 Å². The maximum atomic E-state index is 14.7. The molecule has 2 atom stereocenters. The number of cyclic esters (lactones) is 1. The first-order valence-corrected chi connectivity index (χ1v) is 12.7. The van der Waals surface area contributed by atoms with Crippen LogP contribution in [0.4, 0.5) is 9.18 Å². The maximum Gasteiger partial charge on any atom is 0.411 e. The van der Waals surface area contributed by atoms with Crippen molar-refractivity contribution in [2.24, 2.45) is 11.6 Å². The molecule has 0 aliphatic carbocycles. The molecule has 1 aromatic carbocycles. The zero-order valence-electron chi connectivity index (χ0n) is 22.3. The lowest BCUT2D eigenvalue weighted by Gasteiger charge is -2.19. The Labute approximate surface area is 223 Å². The second kappa shape index (κ2) is 16.7. The molecule has 0 radical (unpaired) electrons. The summed E-state index contributed by atoms with van der Waals surface area (Å²) in [6.45, 7) is 7.89. The first kappa shape index (κ1) is 30.3. The van der Waals surface area contributed by atoms with Gasteiger partial charge in [-0.15, -0.1) is 5.10 Å². The van der Waals surface area contributed by atoms with Crippen molar-refractivity contribution in [3.63, 3.8) is 0 Å².